The third-order valence-corrected chi connectivity index (χ3v) is 1.48. The number of cyclic esters (lactones) is 1. The van der Waals surface area contributed by atoms with E-state index in [1.807, 2.05) is 0 Å². The summed E-state index contributed by atoms with van der Waals surface area (Å²) >= 11 is 0. The minimum absolute atomic E-state index is 0.0385. The van der Waals surface area contributed by atoms with Gasteiger partial charge in [-0.05, 0) is 6.42 Å². The highest BCUT2D eigenvalue weighted by molar-refractivity contribution is 5.78. The van der Waals surface area contributed by atoms with Crippen LogP contribution < -0.4 is 0 Å². The summed E-state index contributed by atoms with van der Waals surface area (Å²) < 4.78 is 4.74. The van der Waals surface area contributed by atoms with Gasteiger partial charge in [-0.25, -0.2) is 4.79 Å². The molecule has 0 bridgehead atoms. The van der Waals surface area contributed by atoms with E-state index in [1.165, 1.54) is 0 Å². The lowest BCUT2D eigenvalue weighted by atomic mass is 10.1. The molecular formula is C9H14O4. The molecule has 0 aromatic rings. The lowest BCUT2D eigenvalue weighted by Crippen LogP contribution is -2.32. The number of carboxylic acids is 1. The highest BCUT2D eigenvalue weighted by atomic mass is 16.6. The van der Waals surface area contributed by atoms with Gasteiger partial charge in [-0.15, -0.1) is 0 Å². The zero-order chi connectivity index (χ0) is 10.3. The first kappa shape index (κ1) is 11.7. The zero-order valence-electron chi connectivity index (χ0n) is 7.66. The van der Waals surface area contributed by atoms with Gasteiger partial charge >= 0.3 is 11.9 Å². The minimum Gasteiger partial charge on any atom is -0.478 e. The SMILES string of the molecule is C=CC(=O)O.CCCC1CC(=O)O1. The van der Waals surface area contributed by atoms with E-state index in [-0.39, 0.29) is 12.1 Å². The van der Waals surface area contributed by atoms with Crippen LogP contribution in [0.4, 0.5) is 0 Å². The van der Waals surface area contributed by atoms with E-state index in [0.717, 1.165) is 18.9 Å². The van der Waals surface area contributed by atoms with E-state index < -0.39 is 5.97 Å². The quantitative estimate of drug-likeness (QED) is 0.534. The number of rotatable bonds is 3. The Morgan fingerprint density at radius 1 is 1.85 bits per heavy atom. The van der Waals surface area contributed by atoms with Crippen LogP contribution in [0.5, 0.6) is 0 Å². The van der Waals surface area contributed by atoms with Crippen molar-refractivity contribution in [2.24, 2.45) is 0 Å². The van der Waals surface area contributed by atoms with Crippen molar-refractivity contribution >= 4 is 11.9 Å². The van der Waals surface area contributed by atoms with Crippen LogP contribution >= 0.6 is 0 Å². The number of hydrogen-bond acceptors (Lipinski definition) is 3. The van der Waals surface area contributed by atoms with E-state index in [4.69, 9.17) is 9.84 Å². The first-order valence-electron chi connectivity index (χ1n) is 4.15. The molecule has 13 heavy (non-hydrogen) atoms. The van der Waals surface area contributed by atoms with Gasteiger partial charge in [0, 0.05) is 6.08 Å². The highest BCUT2D eigenvalue weighted by Gasteiger charge is 2.26. The van der Waals surface area contributed by atoms with Crippen LogP contribution in [-0.2, 0) is 14.3 Å². The second kappa shape index (κ2) is 6.22. The second-order valence-electron chi connectivity index (χ2n) is 2.65. The maximum absolute atomic E-state index is 10.2. The van der Waals surface area contributed by atoms with E-state index in [1.54, 1.807) is 0 Å². The van der Waals surface area contributed by atoms with E-state index in [0.29, 0.717) is 6.42 Å². The topological polar surface area (TPSA) is 63.6 Å². The zero-order valence-corrected chi connectivity index (χ0v) is 7.66. The molecule has 0 saturated carbocycles. The Kier molecular flexibility index (Phi) is 5.59. The fraction of sp³-hybridized carbons (Fsp3) is 0.556. The highest BCUT2D eigenvalue weighted by Crippen LogP contribution is 2.17. The number of hydrogen-bond donors (Lipinski definition) is 1. The number of carbonyl (C=O) groups is 2. The van der Waals surface area contributed by atoms with E-state index in [9.17, 15) is 9.59 Å². The number of carbonyl (C=O) groups excluding carboxylic acids is 1. The Morgan fingerprint density at radius 2 is 2.31 bits per heavy atom. The van der Waals surface area contributed by atoms with E-state index in [2.05, 4.69) is 13.5 Å². The largest absolute Gasteiger partial charge is 0.478 e. The van der Waals surface area contributed by atoms with Crippen molar-refractivity contribution in [1.82, 2.24) is 0 Å². The van der Waals surface area contributed by atoms with Gasteiger partial charge in [0.15, 0.2) is 0 Å². The summed E-state index contributed by atoms with van der Waals surface area (Å²) in [7, 11) is 0. The molecule has 1 fully saturated rings. The Hall–Kier alpha value is -1.32. The van der Waals surface area contributed by atoms with Crippen molar-refractivity contribution in [2.45, 2.75) is 32.3 Å². The maximum Gasteiger partial charge on any atom is 0.327 e. The average molecular weight is 186 g/mol. The smallest absolute Gasteiger partial charge is 0.327 e. The van der Waals surface area contributed by atoms with Crippen LogP contribution in [0.25, 0.3) is 0 Å². The molecule has 0 amide bonds. The monoisotopic (exact) mass is 186 g/mol. The molecule has 0 aromatic carbocycles. The van der Waals surface area contributed by atoms with Gasteiger partial charge in [-0.2, -0.15) is 0 Å². The maximum atomic E-state index is 10.2. The molecular weight excluding hydrogens is 172 g/mol. The molecule has 1 aliphatic heterocycles. The number of carboxylic acid groups (broad SMARTS) is 1. The fourth-order valence-corrected chi connectivity index (χ4v) is 0.845. The summed E-state index contributed by atoms with van der Waals surface area (Å²) in [5.74, 6) is -1.02. The van der Waals surface area contributed by atoms with Crippen LogP contribution in [0.15, 0.2) is 12.7 Å². The molecule has 4 nitrogen and oxygen atoms in total. The van der Waals surface area contributed by atoms with Crippen LogP contribution in [-0.4, -0.2) is 23.1 Å². The molecule has 1 saturated heterocycles. The van der Waals surface area contributed by atoms with Gasteiger partial charge in [-0.1, -0.05) is 19.9 Å². The second-order valence-corrected chi connectivity index (χ2v) is 2.65. The lowest BCUT2D eigenvalue weighted by Gasteiger charge is -2.24. The van der Waals surface area contributed by atoms with Gasteiger partial charge in [0.2, 0.25) is 0 Å². The molecule has 1 heterocycles. The molecule has 1 aliphatic rings. The first-order chi connectivity index (χ1) is 6.10. The number of aliphatic carboxylic acids is 1. The van der Waals surface area contributed by atoms with Crippen molar-refractivity contribution in [3.05, 3.63) is 12.7 Å². The van der Waals surface area contributed by atoms with Gasteiger partial charge in [-0.3, -0.25) is 4.79 Å². The van der Waals surface area contributed by atoms with Crippen LogP contribution in [0, 0.1) is 0 Å². The Morgan fingerprint density at radius 3 is 2.54 bits per heavy atom. The molecule has 1 unspecified atom stereocenters. The first-order valence-corrected chi connectivity index (χ1v) is 4.15. The molecule has 4 heteroatoms. The van der Waals surface area contributed by atoms with Crippen molar-refractivity contribution < 1.29 is 19.4 Å². The summed E-state index contributed by atoms with van der Waals surface area (Å²) in [5.41, 5.74) is 0. The molecule has 0 aliphatic carbocycles. The summed E-state index contributed by atoms with van der Waals surface area (Å²) in [6, 6.07) is 0. The van der Waals surface area contributed by atoms with Crippen molar-refractivity contribution in [1.29, 1.82) is 0 Å². The van der Waals surface area contributed by atoms with Crippen molar-refractivity contribution in [2.75, 3.05) is 0 Å². The standard InChI is InChI=1S/C6H10O2.C3H4O2/c1-2-3-5-4-6(7)8-5;1-2-3(4)5/h5H,2-4H2,1H3;2H,1H2,(H,4,5). The van der Waals surface area contributed by atoms with Gasteiger partial charge in [0.1, 0.15) is 6.10 Å². The normalized spacial score (nSPS) is 18.8. The Labute approximate surface area is 77.2 Å². The minimum atomic E-state index is -0.981. The predicted octanol–water partition coefficient (Wildman–Crippen LogP) is 1.36. The van der Waals surface area contributed by atoms with Gasteiger partial charge in [0.05, 0.1) is 6.42 Å². The Bertz CT molecular complexity index is 190. The molecule has 1 N–H and O–H groups in total. The van der Waals surface area contributed by atoms with Crippen molar-refractivity contribution in [3.8, 4) is 0 Å². The van der Waals surface area contributed by atoms with Crippen molar-refractivity contribution in [3.63, 3.8) is 0 Å². The number of ether oxygens (including phenoxy) is 1. The van der Waals surface area contributed by atoms with Gasteiger partial charge < -0.3 is 9.84 Å². The fourth-order valence-electron chi connectivity index (χ4n) is 0.845. The van der Waals surface area contributed by atoms with Crippen LogP contribution in [0.1, 0.15) is 26.2 Å². The third kappa shape index (κ3) is 5.90. The third-order valence-electron chi connectivity index (χ3n) is 1.48. The number of esters is 1. The summed E-state index contributed by atoms with van der Waals surface area (Å²) in [5, 5.41) is 7.60. The molecule has 1 rings (SSSR count). The summed E-state index contributed by atoms with van der Waals surface area (Å²) in [4.78, 5) is 19.4. The lowest BCUT2D eigenvalue weighted by molar-refractivity contribution is -0.169. The molecule has 0 radical (unpaired) electrons. The predicted molar refractivity (Wildman–Crippen MR) is 47.2 cm³/mol. The molecule has 74 valence electrons. The molecule has 1 atom stereocenters. The van der Waals surface area contributed by atoms with Crippen LogP contribution in [0.2, 0.25) is 0 Å². The molecule has 0 aromatic heterocycles. The van der Waals surface area contributed by atoms with Gasteiger partial charge in [0.25, 0.3) is 0 Å². The Balaban J connectivity index is 0.000000252. The summed E-state index contributed by atoms with van der Waals surface area (Å²) in [6.45, 7) is 5.05. The van der Waals surface area contributed by atoms with E-state index >= 15 is 0 Å². The average Bonchev–Trinajstić information content (AvgIpc) is 2.03. The van der Waals surface area contributed by atoms with Crippen LogP contribution in [0.3, 0.4) is 0 Å². The summed E-state index contributed by atoms with van der Waals surface area (Å²) in [6.07, 6.45) is 3.88. The molecule has 0 spiro atoms.